The Morgan fingerprint density at radius 2 is 1.00 bits per heavy atom. The van der Waals surface area contributed by atoms with Crippen LogP contribution in [0, 0.1) is 0 Å². The lowest BCUT2D eigenvalue weighted by molar-refractivity contribution is 0.660. The summed E-state index contributed by atoms with van der Waals surface area (Å²) < 4.78 is 9.37. The number of benzene rings is 9. The zero-order chi connectivity index (χ0) is 40.0. The highest BCUT2D eigenvalue weighted by Crippen LogP contribution is 2.51. The first-order valence-corrected chi connectivity index (χ1v) is 20.8. The van der Waals surface area contributed by atoms with Crippen molar-refractivity contribution < 1.29 is 4.42 Å². The average molecular weight is 769 g/mol. The molecule has 0 radical (unpaired) electrons. The van der Waals surface area contributed by atoms with Gasteiger partial charge in [-0.05, 0) is 100 Å². The lowest BCUT2D eigenvalue weighted by atomic mass is 9.81. The molecule has 0 N–H and O–H groups in total. The molecular formula is C57H40N2O. The van der Waals surface area contributed by atoms with Crippen LogP contribution in [0.1, 0.15) is 25.0 Å². The molecule has 11 aromatic rings. The highest BCUT2D eigenvalue weighted by Gasteiger charge is 2.35. The van der Waals surface area contributed by atoms with Crippen molar-refractivity contribution in [2.45, 2.75) is 19.3 Å². The number of rotatable bonds is 6. The lowest BCUT2D eigenvalue weighted by Gasteiger charge is -2.27. The van der Waals surface area contributed by atoms with Crippen molar-refractivity contribution in [3.8, 4) is 39.1 Å². The summed E-state index contributed by atoms with van der Waals surface area (Å²) in [7, 11) is 0. The van der Waals surface area contributed by atoms with E-state index in [9.17, 15) is 0 Å². The third kappa shape index (κ3) is 5.09. The summed E-state index contributed by atoms with van der Waals surface area (Å²) in [6, 6.07) is 74.6. The molecule has 2 heterocycles. The van der Waals surface area contributed by atoms with Gasteiger partial charge in [0.15, 0.2) is 0 Å². The number of anilines is 3. The molecular weight excluding hydrogens is 729 g/mol. The molecule has 2 aromatic heterocycles. The maximum absolute atomic E-state index is 6.97. The van der Waals surface area contributed by atoms with Gasteiger partial charge in [0.1, 0.15) is 11.2 Å². The third-order valence-electron chi connectivity index (χ3n) is 12.8. The fourth-order valence-corrected chi connectivity index (χ4v) is 9.98. The quantitative estimate of drug-likeness (QED) is 0.168. The Kier molecular flexibility index (Phi) is 7.58. The van der Waals surface area contributed by atoms with Gasteiger partial charge in [-0.1, -0.05) is 153 Å². The molecule has 3 nitrogen and oxygen atoms in total. The first-order valence-electron chi connectivity index (χ1n) is 20.8. The minimum atomic E-state index is -0.0547. The Bertz CT molecular complexity index is 3410. The largest absolute Gasteiger partial charge is 0.455 e. The summed E-state index contributed by atoms with van der Waals surface area (Å²) in [5, 5.41) is 4.64. The maximum Gasteiger partial charge on any atom is 0.145 e. The Balaban J connectivity index is 1.03. The second-order valence-corrected chi connectivity index (χ2v) is 16.5. The van der Waals surface area contributed by atoms with E-state index in [-0.39, 0.29) is 5.41 Å². The van der Waals surface area contributed by atoms with Gasteiger partial charge in [-0.3, -0.25) is 0 Å². The number of furan rings is 1. The van der Waals surface area contributed by atoms with Gasteiger partial charge >= 0.3 is 0 Å². The van der Waals surface area contributed by atoms with Crippen LogP contribution in [0.25, 0.3) is 82.8 Å². The maximum atomic E-state index is 6.97. The van der Waals surface area contributed by atoms with Crippen LogP contribution in [0.5, 0.6) is 0 Å². The summed E-state index contributed by atoms with van der Waals surface area (Å²) in [5.74, 6) is 0. The van der Waals surface area contributed by atoms with Gasteiger partial charge < -0.3 is 13.9 Å². The lowest BCUT2D eigenvalue weighted by Crippen LogP contribution is -2.14. The summed E-state index contributed by atoms with van der Waals surface area (Å²) in [4.78, 5) is 2.37. The van der Waals surface area contributed by atoms with Crippen LogP contribution in [-0.4, -0.2) is 4.57 Å². The van der Waals surface area contributed by atoms with E-state index >= 15 is 0 Å². The SMILES string of the molecule is CC1(C)c2ccccc2-c2ccc(-c3ccc(N(c4ccccc4)c4ccc(-c5ccccc5-n5c6ccccc6c6ccccc65)c5oc6ccccc6c45)cc3)cc21. The molecule has 12 rings (SSSR count). The van der Waals surface area contributed by atoms with Gasteiger partial charge in [0, 0.05) is 44.1 Å². The van der Waals surface area contributed by atoms with Gasteiger partial charge in [0.05, 0.1) is 27.8 Å². The van der Waals surface area contributed by atoms with Crippen molar-refractivity contribution in [3.05, 3.63) is 217 Å². The average Bonchev–Trinajstić information content (AvgIpc) is 3.93. The minimum Gasteiger partial charge on any atom is -0.455 e. The number of aromatic nitrogens is 1. The van der Waals surface area contributed by atoms with E-state index in [2.05, 4.69) is 230 Å². The van der Waals surface area contributed by atoms with E-state index in [1.54, 1.807) is 0 Å². The summed E-state index contributed by atoms with van der Waals surface area (Å²) in [6.07, 6.45) is 0. The second kappa shape index (κ2) is 13.2. The molecule has 0 aliphatic heterocycles. The van der Waals surface area contributed by atoms with E-state index < -0.39 is 0 Å². The van der Waals surface area contributed by atoms with Crippen molar-refractivity contribution in [2.24, 2.45) is 0 Å². The Morgan fingerprint density at radius 3 is 1.77 bits per heavy atom. The number of nitrogens with zero attached hydrogens (tertiary/aromatic N) is 2. The Labute approximate surface area is 349 Å². The van der Waals surface area contributed by atoms with Gasteiger partial charge in [0.25, 0.3) is 0 Å². The third-order valence-corrected chi connectivity index (χ3v) is 12.8. The fourth-order valence-electron chi connectivity index (χ4n) is 9.98. The normalized spacial score (nSPS) is 13.0. The molecule has 60 heavy (non-hydrogen) atoms. The molecule has 0 saturated heterocycles. The van der Waals surface area contributed by atoms with Crippen molar-refractivity contribution >= 4 is 60.8 Å². The van der Waals surface area contributed by atoms with E-state index in [4.69, 9.17) is 4.42 Å². The molecule has 0 saturated carbocycles. The zero-order valence-corrected chi connectivity index (χ0v) is 33.4. The first-order chi connectivity index (χ1) is 29.5. The first kappa shape index (κ1) is 34.4. The number of fused-ring (bicyclic) bond motifs is 9. The topological polar surface area (TPSA) is 21.3 Å². The predicted octanol–water partition coefficient (Wildman–Crippen LogP) is 15.8. The number of hydrogen-bond donors (Lipinski definition) is 0. The molecule has 9 aromatic carbocycles. The molecule has 0 unspecified atom stereocenters. The van der Waals surface area contributed by atoms with Crippen molar-refractivity contribution in [2.75, 3.05) is 4.90 Å². The van der Waals surface area contributed by atoms with Crippen LogP contribution in [-0.2, 0) is 5.41 Å². The van der Waals surface area contributed by atoms with Crippen LogP contribution in [0.15, 0.2) is 211 Å². The van der Waals surface area contributed by atoms with E-state index in [1.165, 1.54) is 55.2 Å². The highest BCUT2D eigenvalue weighted by molar-refractivity contribution is 6.18. The van der Waals surface area contributed by atoms with E-state index in [0.29, 0.717) is 0 Å². The standard InChI is InChI=1S/C57H40N2O/c1-57(2)48-23-11-6-18-41(48)42-33-30-38(36-49(42)57)37-28-31-40(32-29-37)58(39-16-4-3-5-17-39)53-35-34-46(56-55(53)47-22-10-15-27-54(47)60-56)45-21-9-14-26-52(45)59-50-24-12-7-19-43(50)44-20-8-13-25-51(44)59/h3-36H,1-2H3. The molecule has 284 valence electrons. The summed E-state index contributed by atoms with van der Waals surface area (Å²) in [5.41, 5.74) is 18.4. The predicted molar refractivity (Wildman–Crippen MR) is 251 cm³/mol. The molecule has 1 aliphatic rings. The molecule has 0 spiro atoms. The number of hydrogen-bond acceptors (Lipinski definition) is 2. The van der Waals surface area contributed by atoms with Crippen LogP contribution >= 0.6 is 0 Å². The van der Waals surface area contributed by atoms with Crippen LogP contribution in [0.4, 0.5) is 17.1 Å². The number of para-hydroxylation sites is 5. The van der Waals surface area contributed by atoms with E-state index in [0.717, 1.165) is 55.8 Å². The summed E-state index contributed by atoms with van der Waals surface area (Å²) in [6.45, 7) is 4.69. The molecule has 3 heteroatoms. The van der Waals surface area contributed by atoms with Crippen LogP contribution in [0.2, 0.25) is 0 Å². The van der Waals surface area contributed by atoms with Gasteiger partial charge in [-0.15, -0.1) is 0 Å². The summed E-state index contributed by atoms with van der Waals surface area (Å²) >= 11 is 0. The highest BCUT2D eigenvalue weighted by atomic mass is 16.3. The molecule has 0 fully saturated rings. The van der Waals surface area contributed by atoms with Gasteiger partial charge in [-0.25, -0.2) is 0 Å². The zero-order valence-electron chi connectivity index (χ0n) is 33.4. The van der Waals surface area contributed by atoms with Gasteiger partial charge in [0.2, 0.25) is 0 Å². The second-order valence-electron chi connectivity index (χ2n) is 16.5. The van der Waals surface area contributed by atoms with Crippen LogP contribution in [0.3, 0.4) is 0 Å². The minimum absolute atomic E-state index is 0.0547. The van der Waals surface area contributed by atoms with Crippen molar-refractivity contribution in [3.63, 3.8) is 0 Å². The van der Waals surface area contributed by atoms with Gasteiger partial charge in [-0.2, -0.15) is 0 Å². The molecule has 0 bridgehead atoms. The Hall–Kier alpha value is -7.62. The fraction of sp³-hybridized carbons (Fsp3) is 0.0526. The van der Waals surface area contributed by atoms with Crippen LogP contribution < -0.4 is 4.90 Å². The monoisotopic (exact) mass is 768 g/mol. The van der Waals surface area contributed by atoms with E-state index in [1.807, 2.05) is 0 Å². The van der Waals surface area contributed by atoms with Crippen molar-refractivity contribution in [1.29, 1.82) is 0 Å². The molecule has 1 aliphatic carbocycles. The molecule has 0 amide bonds. The molecule has 0 atom stereocenters. The van der Waals surface area contributed by atoms with Crippen molar-refractivity contribution in [1.82, 2.24) is 4.57 Å². The smallest absolute Gasteiger partial charge is 0.145 e. The Morgan fingerprint density at radius 1 is 0.433 bits per heavy atom.